The van der Waals surface area contributed by atoms with Gasteiger partial charge in [0.15, 0.2) is 5.75 Å². The molecule has 0 saturated heterocycles. The molecule has 0 fully saturated rings. The maximum atomic E-state index is 12.6. The van der Waals surface area contributed by atoms with Gasteiger partial charge in [-0.05, 0) is 22.6 Å². The summed E-state index contributed by atoms with van der Waals surface area (Å²) in [4.78, 5) is 13.2. The second-order valence-corrected chi connectivity index (χ2v) is 3.46. The predicted molar refractivity (Wildman–Crippen MR) is 55.1 cm³/mol. The van der Waals surface area contributed by atoms with Crippen LogP contribution in [-0.4, -0.2) is 17.0 Å². The van der Waals surface area contributed by atoms with Crippen molar-refractivity contribution >= 4 is 28.3 Å². The molecule has 1 aromatic rings. The fourth-order valence-corrected chi connectivity index (χ4v) is 1.67. The van der Waals surface area contributed by atoms with Crippen LogP contribution in [0.5, 0.6) is 5.75 Å². The smallest absolute Gasteiger partial charge is 0.300 e. The average Bonchev–Trinajstić information content (AvgIpc) is 2.16. The molecular weight excluding hydrogens is 325 g/mol. The highest BCUT2D eigenvalue weighted by Gasteiger charge is 2.28. The first-order valence-corrected chi connectivity index (χ1v) is 4.71. The molecule has 82 valence electrons. The number of aromatic nitrogens is 1. The van der Waals surface area contributed by atoms with Crippen molar-refractivity contribution in [2.75, 3.05) is 7.11 Å². The van der Waals surface area contributed by atoms with Gasteiger partial charge in [-0.1, -0.05) is 0 Å². The van der Waals surface area contributed by atoms with Crippen LogP contribution in [0.4, 0.5) is 14.5 Å². The molecule has 1 heterocycles. The van der Waals surface area contributed by atoms with Crippen molar-refractivity contribution < 1.29 is 18.4 Å². The van der Waals surface area contributed by atoms with Gasteiger partial charge in [0.2, 0.25) is 0 Å². The molecule has 0 bridgehead atoms. The van der Waals surface area contributed by atoms with Gasteiger partial charge in [-0.25, -0.2) is 13.8 Å². The molecule has 8 heteroatoms. The predicted octanol–water partition coefficient (Wildman–Crippen LogP) is 2.54. The van der Waals surface area contributed by atoms with E-state index in [1.807, 2.05) is 0 Å². The Balaban J connectivity index is 3.49. The van der Waals surface area contributed by atoms with E-state index in [1.165, 1.54) is 0 Å². The maximum Gasteiger partial charge on any atom is 0.300 e. The Morgan fingerprint density at radius 3 is 2.67 bits per heavy atom. The van der Waals surface area contributed by atoms with Crippen molar-refractivity contribution in [2.24, 2.45) is 0 Å². The third-order valence-electron chi connectivity index (χ3n) is 1.63. The number of hydrogen-bond donors (Lipinski definition) is 0. The van der Waals surface area contributed by atoms with E-state index in [1.54, 1.807) is 22.6 Å². The Labute approximate surface area is 96.7 Å². The first kappa shape index (κ1) is 12.0. The molecule has 0 atom stereocenters. The molecule has 0 N–H and O–H groups in total. The van der Waals surface area contributed by atoms with E-state index in [2.05, 4.69) is 9.72 Å². The number of halogens is 3. The Morgan fingerprint density at radius 2 is 2.27 bits per heavy atom. The van der Waals surface area contributed by atoms with Crippen LogP contribution in [0.25, 0.3) is 0 Å². The number of nitrogens with zero attached hydrogens (tertiary/aromatic N) is 2. The molecule has 0 aliphatic carbocycles. The average molecular weight is 330 g/mol. The lowest BCUT2D eigenvalue weighted by Gasteiger charge is -2.08. The summed E-state index contributed by atoms with van der Waals surface area (Å²) in [5, 5.41) is 10.5. The van der Waals surface area contributed by atoms with Gasteiger partial charge in [-0.15, -0.1) is 0 Å². The molecule has 0 aromatic carbocycles. The second-order valence-electron chi connectivity index (χ2n) is 2.44. The summed E-state index contributed by atoms with van der Waals surface area (Å²) in [6.07, 6.45) is -2.18. The highest BCUT2D eigenvalue weighted by atomic mass is 127. The van der Waals surface area contributed by atoms with Gasteiger partial charge in [-0.3, -0.25) is 10.1 Å². The second kappa shape index (κ2) is 4.64. The topological polar surface area (TPSA) is 65.3 Å². The molecular formula is C7H5F2IN2O3. The fourth-order valence-electron chi connectivity index (χ4n) is 1.02. The molecule has 1 rings (SSSR count). The number of methoxy groups -OCH3 is 1. The van der Waals surface area contributed by atoms with Crippen molar-refractivity contribution in [2.45, 2.75) is 6.43 Å². The van der Waals surface area contributed by atoms with Crippen molar-refractivity contribution in [3.05, 3.63) is 25.6 Å². The van der Waals surface area contributed by atoms with Crippen LogP contribution in [0.2, 0.25) is 0 Å². The zero-order chi connectivity index (χ0) is 11.6. The summed E-state index contributed by atoms with van der Waals surface area (Å²) in [5.41, 5.74) is -1.47. The lowest BCUT2D eigenvalue weighted by molar-refractivity contribution is -0.386. The van der Waals surface area contributed by atoms with Gasteiger partial charge in [-0.2, -0.15) is 0 Å². The maximum absolute atomic E-state index is 12.6. The van der Waals surface area contributed by atoms with Gasteiger partial charge in [0.05, 0.1) is 12.0 Å². The van der Waals surface area contributed by atoms with E-state index in [0.717, 1.165) is 13.3 Å². The van der Waals surface area contributed by atoms with Gasteiger partial charge in [0.25, 0.3) is 12.1 Å². The van der Waals surface area contributed by atoms with E-state index in [-0.39, 0.29) is 9.45 Å². The van der Waals surface area contributed by atoms with E-state index in [9.17, 15) is 18.9 Å². The number of pyridine rings is 1. The SMILES string of the molecule is COc1c(I)ncc([N+](=O)[O-])c1C(F)F. The summed E-state index contributed by atoms with van der Waals surface area (Å²) in [7, 11) is 1.16. The summed E-state index contributed by atoms with van der Waals surface area (Å²) < 4.78 is 30.0. The molecule has 0 aliphatic heterocycles. The van der Waals surface area contributed by atoms with Gasteiger partial charge >= 0.3 is 0 Å². The summed E-state index contributed by atoms with van der Waals surface area (Å²) >= 11 is 1.67. The van der Waals surface area contributed by atoms with E-state index in [4.69, 9.17) is 0 Å². The number of hydrogen-bond acceptors (Lipinski definition) is 4. The fraction of sp³-hybridized carbons (Fsp3) is 0.286. The number of alkyl halides is 2. The third-order valence-corrected chi connectivity index (χ3v) is 2.40. The van der Waals surface area contributed by atoms with Crippen LogP contribution in [0.1, 0.15) is 12.0 Å². The van der Waals surface area contributed by atoms with Crippen LogP contribution < -0.4 is 4.74 Å². The third kappa shape index (κ3) is 2.30. The van der Waals surface area contributed by atoms with Crippen LogP contribution in [0, 0.1) is 13.8 Å². The molecule has 0 aliphatic rings. The lowest BCUT2D eigenvalue weighted by Crippen LogP contribution is -2.03. The normalized spacial score (nSPS) is 10.5. The quantitative estimate of drug-likeness (QED) is 0.370. The number of nitro groups is 1. The first-order chi connectivity index (χ1) is 6.99. The summed E-state index contributed by atoms with van der Waals surface area (Å²) in [6, 6.07) is 0. The van der Waals surface area contributed by atoms with Gasteiger partial charge < -0.3 is 4.74 Å². The highest BCUT2D eigenvalue weighted by Crippen LogP contribution is 2.38. The number of ether oxygens (including phenoxy) is 1. The van der Waals surface area contributed by atoms with Crippen LogP contribution in [0.15, 0.2) is 6.20 Å². The molecule has 1 aromatic heterocycles. The van der Waals surface area contributed by atoms with Crippen LogP contribution >= 0.6 is 22.6 Å². The summed E-state index contributed by atoms with van der Waals surface area (Å²) in [5.74, 6) is -0.250. The van der Waals surface area contributed by atoms with E-state index in [0.29, 0.717) is 0 Å². The van der Waals surface area contributed by atoms with Gasteiger partial charge in [0.1, 0.15) is 15.5 Å². The highest BCUT2D eigenvalue weighted by molar-refractivity contribution is 14.1. The first-order valence-electron chi connectivity index (χ1n) is 3.64. The zero-order valence-corrected chi connectivity index (χ0v) is 9.57. The Bertz CT molecular complexity index is 400. The Kier molecular flexibility index (Phi) is 3.72. The minimum Gasteiger partial charge on any atom is -0.493 e. The van der Waals surface area contributed by atoms with E-state index < -0.39 is 22.6 Å². The molecule has 0 spiro atoms. The summed E-state index contributed by atoms with van der Waals surface area (Å²) in [6.45, 7) is 0. The zero-order valence-electron chi connectivity index (χ0n) is 7.41. The van der Waals surface area contributed by atoms with Crippen molar-refractivity contribution in [1.82, 2.24) is 4.98 Å². The lowest BCUT2D eigenvalue weighted by atomic mass is 10.2. The molecule has 0 unspecified atom stereocenters. The van der Waals surface area contributed by atoms with Crippen molar-refractivity contribution in [1.29, 1.82) is 0 Å². The molecule has 0 amide bonds. The largest absolute Gasteiger partial charge is 0.493 e. The molecule has 0 saturated carbocycles. The van der Waals surface area contributed by atoms with Crippen LogP contribution in [0.3, 0.4) is 0 Å². The number of rotatable bonds is 3. The standard InChI is InChI=1S/C7H5F2IN2O3/c1-15-5-4(6(8)9)3(12(13)14)2-11-7(5)10/h2,6H,1H3. The molecule has 0 radical (unpaired) electrons. The Hall–Kier alpha value is -1.06. The van der Waals surface area contributed by atoms with Crippen molar-refractivity contribution in [3.63, 3.8) is 0 Å². The Morgan fingerprint density at radius 1 is 1.67 bits per heavy atom. The van der Waals surface area contributed by atoms with Crippen molar-refractivity contribution in [3.8, 4) is 5.75 Å². The monoisotopic (exact) mass is 330 g/mol. The molecule has 5 nitrogen and oxygen atoms in total. The minimum atomic E-state index is -2.98. The van der Waals surface area contributed by atoms with Crippen LogP contribution in [-0.2, 0) is 0 Å². The molecule has 15 heavy (non-hydrogen) atoms. The minimum absolute atomic E-state index is 0.163. The van der Waals surface area contributed by atoms with Gasteiger partial charge in [0, 0.05) is 0 Å². The van der Waals surface area contributed by atoms with E-state index >= 15 is 0 Å².